The van der Waals surface area contributed by atoms with Crippen LogP contribution in [0.4, 0.5) is 5.69 Å². The van der Waals surface area contributed by atoms with Crippen LogP contribution < -0.4 is 11.1 Å². The highest BCUT2D eigenvalue weighted by atomic mass is 16.1. The number of nitrogens with one attached hydrogen (secondary N) is 1. The quantitative estimate of drug-likeness (QED) is 0.878. The molecule has 0 atom stereocenters. The van der Waals surface area contributed by atoms with Crippen LogP contribution in [0.2, 0.25) is 0 Å². The molecule has 0 spiro atoms. The van der Waals surface area contributed by atoms with Gasteiger partial charge in [-0.15, -0.1) is 0 Å². The number of carbonyl (C=O) groups is 1. The standard InChI is InChI=1S/C17H20N2O/c18-14-10-8-13(9-11-14)17(20)19-16-7-3-5-12-4-1-2-6-15(12)16/h1-7,13-14H,8-11,18H2,(H,19,20). The second-order valence-electron chi connectivity index (χ2n) is 5.63. The third-order valence-electron chi connectivity index (χ3n) is 4.19. The van der Waals surface area contributed by atoms with Crippen LogP contribution in [-0.4, -0.2) is 11.9 Å². The van der Waals surface area contributed by atoms with Gasteiger partial charge >= 0.3 is 0 Å². The van der Waals surface area contributed by atoms with Crippen molar-refractivity contribution < 1.29 is 4.79 Å². The minimum atomic E-state index is 0.105. The van der Waals surface area contributed by atoms with Gasteiger partial charge in [0.1, 0.15) is 0 Å². The Morgan fingerprint density at radius 1 is 1.00 bits per heavy atom. The molecule has 3 N–H and O–H groups in total. The first-order valence-corrected chi connectivity index (χ1v) is 7.28. The molecule has 2 aromatic carbocycles. The van der Waals surface area contributed by atoms with E-state index in [0.717, 1.165) is 42.1 Å². The van der Waals surface area contributed by atoms with Crippen molar-refractivity contribution in [2.75, 3.05) is 5.32 Å². The van der Waals surface area contributed by atoms with Gasteiger partial charge in [0.15, 0.2) is 0 Å². The van der Waals surface area contributed by atoms with Crippen LogP contribution in [0.25, 0.3) is 10.8 Å². The smallest absolute Gasteiger partial charge is 0.227 e. The number of benzene rings is 2. The van der Waals surface area contributed by atoms with Crippen LogP contribution in [0.1, 0.15) is 25.7 Å². The van der Waals surface area contributed by atoms with Gasteiger partial charge in [0.2, 0.25) is 5.91 Å². The molecule has 1 saturated carbocycles. The predicted octanol–water partition coefficient (Wildman–Crippen LogP) is 3.30. The van der Waals surface area contributed by atoms with Gasteiger partial charge in [-0.05, 0) is 37.1 Å². The van der Waals surface area contributed by atoms with Crippen molar-refractivity contribution in [2.24, 2.45) is 11.7 Å². The van der Waals surface area contributed by atoms with E-state index in [-0.39, 0.29) is 17.9 Å². The van der Waals surface area contributed by atoms with Crippen molar-refractivity contribution in [3.8, 4) is 0 Å². The summed E-state index contributed by atoms with van der Waals surface area (Å²) in [5, 5.41) is 5.33. The summed E-state index contributed by atoms with van der Waals surface area (Å²) in [7, 11) is 0. The molecule has 104 valence electrons. The lowest BCUT2D eigenvalue weighted by Gasteiger charge is -2.25. The lowest BCUT2D eigenvalue weighted by molar-refractivity contribution is -0.120. The fraction of sp³-hybridized carbons (Fsp3) is 0.353. The minimum Gasteiger partial charge on any atom is -0.328 e. The molecule has 2 aromatic rings. The van der Waals surface area contributed by atoms with E-state index >= 15 is 0 Å². The molecule has 0 aromatic heterocycles. The van der Waals surface area contributed by atoms with Gasteiger partial charge in [-0.3, -0.25) is 4.79 Å². The molecule has 0 saturated heterocycles. The average molecular weight is 268 g/mol. The third kappa shape index (κ3) is 2.68. The molecule has 1 fully saturated rings. The van der Waals surface area contributed by atoms with Gasteiger partial charge < -0.3 is 11.1 Å². The molecule has 3 heteroatoms. The molecule has 1 aliphatic rings. The lowest BCUT2D eigenvalue weighted by Crippen LogP contribution is -2.32. The predicted molar refractivity (Wildman–Crippen MR) is 82.5 cm³/mol. The maximum Gasteiger partial charge on any atom is 0.227 e. The Labute approximate surface area is 119 Å². The summed E-state index contributed by atoms with van der Waals surface area (Å²) in [5.41, 5.74) is 6.80. The number of amides is 1. The van der Waals surface area contributed by atoms with E-state index in [1.807, 2.05) is 30.3 Å². The van der Waals surface area contributed by atoms with E-state index in [9.17, 15) is 4.79 Å². The molecule has 0 unspecified atom stereocenters. The van der Waals surface area contributed by atoms with Gasteiger partial charge in [-0.1, -0.05) is 36.4 Å². The first-order chi connectivity index (χ1) is 9.74. The van der Waals surface area contributed by atoms with Crippen molar-refractivity contribution >= 4 is 22.4 Å². The fourth-order valence-corrected chi connectivity index (χ4v) is 2.95. The number of fused-ring (bicyclic) bond motifs is 1. The summed E-state index contributed by atoms with van der Waals surface area (Å²) >= 11 is 0. The lowest BCUT2D eigenvalue weighted by atomic mass is 9.86. The van der Waals surface area contributed by atoms with Crippen molar-refractivity contribution in [3.63, 3.8) is 0 Å². The first-order valence-electron chi connectivity index (χ1n) is 7.28. The molecule has 3 nitrogen and oxygen atoms in total. The van der Waals surface area contributed by atoms with Crippen LogP contribution in [0.15, 0.2) is 42.5 Å². The molecule has 3 rings (SSSR count). The summed E-state index contributed by atoms with van der Waals surface area (Å²) < 4.78 is 0. The molecular formula is C17H20N2O. The Hall–Kier alpha value is -1.87. The van der Waals surface area contributed by atoms with E-state index in [1.54, 1.807) is 0 Å². The van der Waals surface area contributed by atoms with Crippen LogP contribution >= 0.6 is 0 Å². The van der Waals surface area contributed by atoms with E-state index in [4.69, 9.17) is 5.73 Å². The maximum absolute atomic E-state index is 12.4. The van der Waals surface area contributed by atoms with E-state index in [2.05, 4.69) is 17.4 Å². The Bertz CT molecular complexity index is 610. The zero-order chi connectivity index (χ0) is 13.9. The Morgan fingerprint density at radius 2 is 1.70 bits per heavy atom. The first kappa shape index (κ1) is 13.1. The monoisotopic (exact) mass is 268 g/mol. The molecule has 0 radical (unpaired) electrons. The Morgan fingerprint density at radius 3 is 2.50 bits per heavy atom. The summed E-state index contributed by atoms with van der Waals surface area (Å²) in [6, 6.07) is 14.4. The van der Waals surface area contributed by atoms with Crippen molar-refractivity contribution in [2.45, 2.75) is 31.7 Å². The summed E-state index contributed by atoms with van der Waals surface area (Å²) in [5.74, 6) is 0.238. The van der Waals surface area contributed by atoms with Crippen LogP contribution in [0.5, 0.6) is 0 Å². The Kier molecular flexibility index (Phi) is 3.70. The van der Waals surface area contributed by atoms with Crippen LogP contribution in [0, 0.1) is 5.92 Å². The molecule has 0 bridgehead atoms. The van der Waals surface area contributed by atoms with Crippen molar-refractivity contribution in [1.82, 2.24) is 0 Å². The van der Waals surface area contributed by atoms with E-state index < -0.39 is 0 Å². The van der Waals surface area contributed by atoms with Gasteiger partial charge in [-0.25, -0.2) is 0 Å². The Balaban J connectivity index is 1.77. The second-order valence-corrected chi connectivity index (χ2v) is 5.63. The SMILES string of the molecule is NC1CCC(C(=O)Nc2cccc3ccccc23)CC1. The summed E-state index contributed by atoms with van der Waals surface area (Å²) in [6.07, 6.45) is 3.71. The number of carbonyl (C=O) groups excluding carboxylic acids is 1. The highest BCUT2D eigenvalue weighted by Crippen LogP contribution is 2.27. The normalized spacial score (nSPS) is 22.6. The number of nitrogens with two attached hydrogens (primary N) is 1. The second kappa shape index (κ2) is 5.63. The summed E-state index contributed by atoms with van der Waals surface area (Å²) in [6.45, 7) is 0. The van der Waals surface area contributed by atoms with Gasteiger partial charge in [0.05, 0.1) is 0 Å². The summed E-state index contributed by atoms with van der Waals surface area (Å²) in [4.78, 5) is 12.4. The molecule has 20 heavy (non-hydrogen) atoms. The number of hydrogen-bond acceptors (Lipinski definition) is 2. The molecular weight excluding hydrogens is 248 g/mol. The van der Waals surface area contributed by atoms with E-state index in [1.165, 1.54) is 0 Å². The van der Waals surface area contributed by atoms with Gasteiger partial charge in [-0.2, -0.15) is 0 Å². The maximum atomic E-state index is 12.4. The third-order valence-corrected chi connectivity index (χ3v) is 4.19. The topological polar surface area (TPSA) is 55.1 Å². The van der Waals surface area contributed by atoms with E-state index in [0.29, 0.717) is 0 Å². The molecule has 0 aliphatic heterocycles. The molecule has 0 heterocycles. The highest BCUT2D eigenvalue weighted by Gasteiger charge is 2.24. The average Bonchev–Trinajstić information content (AvgIpc) is 2.48. The van der Waals surface area contributed by atoms with Crippen molar-refractivity contribution in [3.05, 3.63) is 42.5 Å². The minimum absolute atomic E-state index is 0.105. The zero-order valence-electron chi connectivity index (χ0n) is 11.5. The van der Waals surface area contributed by atoms with Crippen LogP contribution in [0.3, 0.4) is 0 Å². The molecule has 1 aliphatic carbocycles. The largest absolute Gasteiger partial charge is 0.328 e. The van der Waals surface area contributed by atoms with Crippen LogP contribution in [-0.2, 0) is 4.79 Å². The number of rotatable bonds is 2. The van der Waals surface area contributed by atoms with Crippen molar-refractivity contribution in [1.29, 1.82) is 0 Å². The fourth-order valence-electron chi connectivity index (χ4n) is 2.95. The zero-order valence-corrected chi connectivity index (χ0v) is 11.5. The molecule has 1 amide bonds. The van der Waals surface area contributed by atoms with Gasteiger partial charge in [0, 0.05) is 23.0 Å². The number of anilines is 1. The van der Waals surface area contributed by atoms with Gasteiger partial charge in [0.25, 0.3) is 0 Å². The number of hydrogen-bond donors (Lipinski definition) is 2. The highest BCUT2D eigenvalue weighted by molar-refractivity contribution is 6.02.